The minimum atomic E-state index is -1.10. The van der Waals surface area contributed by atoms with Crippen LogP contribution >= 0.6 is 11.3 Å². The number of carboxylic acid groups (broad SMARTS) is 1. The van der Waals surface area contributed by atoms with Crippen molar-refractivity contribution < 1.29 is 14.7 Å². The molecule has 8 heteroatoms. The first kappa shape index (κ1) is 14.9. The molecule has 21 heavy (non-hydrogen) atoms. The fourth-order valence-electron chi connectivity index (χ4n) is 1.65. The Kier molecular flexibility index (Phi) is 4.83. The molecule has 0 saturated carbocycles. The highest BCUT2D eigenvalue weighted by Gasteiger charge is 2.19. The SMILES string of the molecule is CNC(=O)Cc1csc(N(Cc2cccnc2)C(=O)O)n1. The molecule has 0 spiro atoms. The third kappa shape index (κ3) is 3.99. The number of hydrogen-bond donors (Lipinski definition) is 2. The number of amides is 2. The molecule has 2 aromatic heterocycles. The summed E-state index contributed by atoms with van der Waals surface area (Å²) in [5, 5.41) is 13.8. The number of aromatic nitrogens is 2. The van der Waals surface area contributed by atoms with E-state index in [0.29, 0.717) is 10.8 Å². The van der Waals surface area contributed by atoms with Crippen LogP contribution in [0.3, 0.4) is 0 Å². The monoisotopic (exact) mass is 306 g/mol. The summed E-state index contributed by atoms with van der Waals surface area (Å²) in [6.45, 7) is 0.163. The molecule has 2 heterocycles. The van der Waals surface area contributed by atoms with E-state index in [1.165, 1.54) is 11.3 Å². The molecule has 110 valence electrons. The number of carbonyl (C=O) groups excluding carboxylic acids is 1. The second-order valence-electron chi connectivity index (χ2n) is 4.20. The Morgan fingerprint density at radius 1 is 1.48 bits per heavy atom. The second-order valence-corrected chi connectivity index (χ2v) is 5.04. The van der Waals surface area contributed by atoms with Gasteiger partial charge in [-0.2, -0.15) is 0 Å². The molecule has 2 N–H and O–H groups in total. The Balaban J connectivity index is 2.15. The highest BCUT2D eigenvalue weighted by Crippen LogP contribution is 2.22. The van der Waals surface area contributed by atoms with Crippen molar-refractivity contribution >= 4 is 28.5 Å². The summed E-state index contributed by atoms with van der Waals surface area (Å²) in [5.41, 5.74) is 1.31. The maximum absolute atomic E-state index is 11.4. The second kappa shape index (κ2) is 6.80. The van der Waals surface area contributed by atoms with E-state index < -0.39 is 6.09 Å². The van der Waals surface area contributed by atoms with Crippen LogP contribution in [0.5, 0.6) is 0 Å². The van der Waals surface area contributed by atoms with Crippen LogP contribution in [0.15, 0.2) is 29.9 Å². The van der Waals surface area contributed by atoms with Gasteiger partial charge in [-0.05, 0) is 11.6 Å². The predicted molar refractivity (Wildman–Crippen MR) is 78.3 cm³/mol. The van der Waals surface area contributed by atoms with E-state index in [-0.39, 0.29) is 18.9 Å². The lowest BCUT2D eigenvalue weighted by atomic mass is 10.3. The molecule has 0 aliphatic rings. The van der Waals surface area contributed by atoms with E-state index in [4.69, 9.17) is 0 Å². The van der Waals surface area contributed by atoms with Gasteiger partial charge in [0.15, 0.2) is 5.13 Å². The zero-order chi connectivity index (χ0) is 15.2. The summed E-state index contributed by atoms with van der Waals surface area (Å²) >= 11 is 1.19. The number of nitrogens with one attached hydrogen (secondary N) is 1. The minimum absolute atomic E-state index is 0.132. The zero-order valence-corrected chi connectivity index (χ0v) is 12.1. The first-order valence-electron chi connectivity index (χ1n) is 6.14. The third-order valence-electron chi connectivity index (χ3n) is 2.69. The quantitative estimate of drug-likeness (QED) is 0.873. The molecular weight excluding hydrogens is 292 g/mol. The van der Waals surface area contributed by atoms with Gasteiger partial charge < -0.3 is 10.4 Å². The number of nitrogens with zero attached hydrogens (tertiary/aromatic N) is 3. The number of hydrogen-bond acceptors (Lipinski definition) is 5. The Morgan fingerprint density at radius 3 is 2.90 bits per heavy atom. The van der Waals surface area contributed by atoms with E-state index in [1.54, 1.807) is 37.0 Å². The lowest BCUT2D eigenvalue weighted by Crippen LogP contribution is -2.28. The molecule has 7 nitrogen and oxygen atoms in total. The molecule has 2 amide bonds. The number of thiazole rings is 1. The average Bonchev–Trinajstić information content (AvgIpc) is 2.93. The van der Waals surface area contributed by atoms with Gasteiger partial charge in [-0.3, -0.25) is 9.78 Å². The van der Waals surface area contributed by atoms with Crippen molar-refractivity contribution in [1.29, 1.82) is 0 Å². The van der Waals surface area contributed by atoms with Gasteiger partial charge in [0.25, 0.3) is 0 Å². The van der Waals surface area contributed by atoms with Crippen LogP contribution in [0.25, 0.3) is 0 Å². The number of pyridine rings is 1. The Hall–Kier alpha value is -2.48. The van der Waals surface area contributed by atoms with Crippen LogP contribution in [0.4, 0.5) is 9.93 Å². The van der Waals surface area contributed by atoms with Crippen LogP contribution in [0.2, 0.25) is 0 Å². The molecule has 0 aliphatic carbocycles. The predicted octanol–water partition coefficient (Wildman–Crippen LogP) is 1.51. The van der Waals surface area contributed by atoms with Gasteiger partial charge in [-0.25, -0.2) is 14.7 Å². The molecule has 0 aliphatic heterocycles. The molecule has 2 aromatic rings. The average molecular weight is 306 g/mol. The normalized spacial score (nSPS) is 10.1. The van der Waals surface area contributed by atoms with E-state index in [0.717, 1.165) is 10.5 Å². The Morgan fingerprint density at radius 2 is 2.29 bits per heavy atom. The van der Waals surface area contributed by atoms with Crippen LogP contribution in [0.1, 0.15) is 11.3 Å². The first-order valence-corrected chi connectivity index (χ1v) is 7.02. The number of likely N-dealkylation sites (N-methyl/N-ethyl adjacent to an activating group) is 1. The molecule has 0 saturated heterocycles. The van der Waals surface area contributed by atoms with Crippen LogP contribution < -0.4 is 10.2 Å². The topological polar surface area (TPSA) is 95.4 Å². The molecular formula is C13H14N4O3S. The molecule has 0 fully saturated rings. The van der Waals surface area contributed by atoms with Crippen LogP contribution in [-0.4, -0.2) is 34.1 Å². The van der Waals surface area contributed by atoms with Crippen LogP contribution in [-0.2, 0) is 17.8 Å². The molecule has 0 aromatic carbocycles. The summed E-state index contributed by atoms with van der Waals surface area (Å²) < 4.78 is 0. The van der Waals surface area contributed by atoms with E-state index in [9.17, 15) is 14.7 Å². The van der Waals surface area contributed by atoms with Gasteiger partial charge >= 0.3 is 6.09 Å². The summed E-state index contributed by atoms with van der Waals surface area (Å²) in [5.74, 6) is -0.166. The van der Waals surface area contributed by atoms with Gasteiger partial charge in [0, 0.05) is 24.8 Å². The molecule has 0 unspecified atom stereocenters. The third-order valence-corrected chi connectivity index (χ3v) is 3.60. The fraction of sp³-hybridized carbons (Fsp3) is 0.231. The van der Waals surface area contributed by atoms with Crippen molar-refractivity contribution in [1.82, 2.24) is 15.3 Å². The smallest absolute Gasteiger partial charge is 0.413 e. The minimum Gasteiger partial charge on any atom is -0.465 e. The molecule has 0 bridgehead atoms. The van der Waals surface area contributed by atoms with Crippen molar-refractivity contribution in [3.63, 3.8) is 0 Å². The van der Waals surface area contributed by atoms with Crippen molar-refractivity contribution in [3.05, 3.63) is 41.2 Å². The Labute approximate surface area is 125 Å². The van der Waals surface area contributed by atoms with Crippen LogP contribution in [0, 0.1) is 0 Å². The zero-order valence-electron chi connectivity index (χ0n) is 11.3. The summed E-state index contributed by atoms with van der Waals surface area (Å²) in [7, 11) is 1.54. The van der Waals surface area contributed by atoms with Gasteiger partial charge in [0.1, 0.15) is 0 Å². The lowest BCUT2D eigenvalue weighted by Gasteiger charge is -2.15. The maximum atomic E-state index is 11.4. The standard InChI is InChI=1S/C13H14N4O3S/c1-14-11(18)5-10-8-21-12(16-10)17(13(19)20)7-9-3-2-4-15-6-9/h2-4,6,8H,5,7H2,1H3,(H,14,18)(H,19,20). The highest BCUT2D eigenvalue weighted by atomic mass is 32.1. The van der Waals surface area contributed by atoms with Gasteiger partial charge in [0.2, 0.25) is 5.91 Å². The van der Waals surface area contributed by atoms with Gasteiger partial charge in [-0.15, -0.1) is 11.3 Å². The lowest BCUT2D eigenvalue weighted by molar-refractivity contribution is -0.120. The van der Waals surface area contributed by atoms with Gasteiger partial charge in [0.05, 0.1) is 18.7 Å². The van der Waals surface area contributed by atoms with Crippen molar-refractivity contribution in [2.45, 2.75) is 13.0 Å². The van der Waals surface area contributed by atoms with Gasteiger partial charge in [-0.1, -0.05) is 6.07 Å². The highest BCUT2D eigenvalue weighted by molar-refractivity contribution is 7.14. The number of rotatable bonds is 5. The van der Waals surface area contributed by atoms with E-state index >= 15 is 0 Å². The molecule has 2 rings (SSSR count). The van der Waals surface area contributed by atoms with Crippen molar-refractivity contribution in [2.24, 2.45) is 0 Å². The summed E-state index contributed by atoms with van der Waals surface area (Å²) in [4.78, 5) is 32.0. The van der Waals surface area contributed by atoms with E-state index in [1.807, 2.05) is 0 Å². The van der Waals surface area contributed by atoms with E-state index in [2.05, 4.69) is 15.3 Å². The van der Waals surface area contributed by atoms with Crippen molar-refractivity contribution in [2.75, 3.05) is 11.9 Å². The maximum Gasteiger partial charge on any atom is 0.413 e. The van der Waals surface area contributed by atoms with Crippen molar-refractivity contribution in [3.8, 4) is 0 Å². The number of anilines is 1. The molecule has 0 radical (unpaired) electrons. The Bertz CT molecular complexity index is 629. The fourth-order valence-corrected chi connectivity index (χ4v) is 2.46. The first-order chi connectivity index (χ1) is 10.1. The molecule has 0 atom stereocenters. The largest absolute Gasteiger partial charge is 0.465 e. The number of carbonyl (C=O) groups is 2. The summed E-state index contributed by atoms with van der Waals surface area (Å²) in [6.07, 6.45) is 2.27. The summed E-state index contributed by atoms with van der Waals surface area (Å²) in [6, 6.07) is 3.54.